The number of carbonyl (C=O) groups is 1. The van der Waals surface area contributed by atoms with Gasteiger partial charge in [0.25, 0.3) is 0 Å². The average Bonchev–Trinajstić information content (AvgIpc) is 2.92. The third-order valence-corrected chi connectivity index (χ3v) is 5.50. The Bertz CT molecular complexity index is 726. The minimum absolute atomic E-state index is 0.0824. The second-order valence-electron chi connectivity index (χ2n) is 6.57. The van der Waals surface area contributed by atoms with Gasteiger partial charge in [0.1, 0.15) is 0 Å². The third-order valence-electron chi connectivity index (χ3n) is 5.50. The first kappa shape index (κ1) is 13.8. The zero-order valence-corrected chi connectivity index (χ0v) is 12.8. The lowest BCUT2D eigenvalue weighted by Crippen LogP contribution is -2.53. The molecule has 0 saturated carbocycles. The van der Waals surface area contributed by atoms with Crippen LogP contribution >= 0.6 is 0 Å². The van der Waals surface area contributed by atoms with E-state index in [1.165, 1.54) is 23.4 Å². The summed E-state index contributed by atoms with van der Waals surface area (Å²) in [6.45, 7) is 0. The highest BCUT2D eigenvalue weighted by Crippen LogP contribution is 2.47. The molecule has 0 amide bonds. The van der Waals surface area contributed by atoms with Gasteiger partial charge in [0.2, 0.25) is 0 Å². The number of esters is 1. The smallest absolute Gasteiger partial charge is 0.310 e. The minimum Gasteiger partial charge on any atom is -0.469 e. The van der Waals surface area contributed by atoms with Crippen LogP contribution in [0.25, 0.3) is 10.8 Å². The molecule has 0 aromatic heterocycles. The molecule has 2 heterocycles. The van der Waals surface area contributed by atoms with E-state index >= 15 is 0 Å². The van der Waals surface area contributed by atoms with Crippen LogP contribution in [0.1, 0.15) is 31.2 Å². The lowest BCUT2D eigenvalue weighted by Gasteiger charge is -2.41. The molecule has 3 heteroatoms. The van der Waals surface area contributed by atoms with Gasteiger partial charge in [-0.2, -0.15) is 0 Å². The van der Waals surface area contributed by atoms with Crippen molar-refractivity contribution in [3.05, 3.63) is 48.0 Å². The fourth-order valence-corrected chi connectivity index (χ4v) is 4.37. The Balaban J connectivity index is 1.83. The molecule has 4 rings (SSSR count). The quantitative estimate of drug-likeness (QED) is 0.863. The molecule has 2 aliphatic heterocycles. The fourth-order valence-electron chi connectivity index (χ4n) is 4.37. The number of ether oxygens (including phenoxy) is 1. The molecule has 2 fully saturated rings. The lowest BCUT2D eigenvalue weighted by atomic mass is 9.74. The van der Waals surface area contributed by atoms with E-state index in [2.05, 4.69) is 47.8 Å². The molecule has 2 aromatic rings. The molecule has 2 aliphatic rings. The summed E-state index contributed by atoms with van der Waals surface area (Å²) in [7, 11) is 1.50. The van der Waals surface area contributed by atoms with Crippen LogP contribution in [0.4, 0.5) is 0 Å². The van der Waals surface area contributed by atoms with E-state index in [-0.39, 0.29) is 17.4 Å². The zero-order valence-electron chi connectivity index (χ0n) is 12.8. The first-order valence-corrected chi connectivity index (χ1v) is 8.08. The van der Waals surface area contributed by atoms with Crippen molar-refractivity contribution >= 4 is 16.7 Å². The van der Waals surface area contributed by atoms with Crippen molar-refractivity contribution in [1.82, 2.24) is 5.32 Å². The number of carbonyl (C=O) groups excluding carboxylic acids is 1. The van der Waals surface area contributed by atoms with Crippen molar-refractivity contribution in [1.29, 1.82) is 0 Å². The number of rotatable bonds is 2. The van der Waals surface area contributed by atoms with Crippen molar-refractivity contribution in [2.75, 3.05) is 7.11 Å². The first-order valence-electron chi connectivity index (χ1n) is 8.08. The van der Waals surface area contributed by atoms with Crippen molar-refractivity contribution in [2.24, 2.45) is 5.92 Å². The SMILES string of the molecule is COC(=O)[C@H]1CCC2CC[C@@]1(c1ccc3ccccc3c1)N2. The van der Waals surface area contributed by atoms with Gasteiger partial charge in [-0.05, 0) is 48.1 Å². The van der Waals surface area contributed by atoms with Crippen molar-refractivity contribution in [2.45, 2.75) is 37.3 Å². The molecule has 1 unspecified atom stereocenters. The Morgan fingerprint density at radius 3 is 2.77 bits per heavy atom. The Morgan fingerprint density at radius 2 is 1.95 bits per heavy atom. The third kappa shape index (κ3) is 1.96. The molecule has 2 bridgehead atoms. The van der Waals surface area contributed by atoms with E-state index < -0.39 is 0 Å². The van der Waals surface area contributed by atoms with Crippen molar-refractivity contribution in [3.8, 4) is 0 Å². The lowest BCUT2D eigenvalue weighted by molar-refractivity contribution is -0.150. The Labute approximate surface area is 130 Å². The molecule has 1 N–H and O–H groups in total. The zero-order chi connectivity index (χ0) is 15.2. The van der Waals surface area contributed by atoms with Crippen LogP contribution in [0.15, 0.2) is 42.5 Å². The summed E-state index contributed by atoms with van der Waals surface area (Å²) in [4.78, 5) is 12.3. The van der Waals surface area contributed by atoms with E-state index in [0.717, 1.165) is 25.7 Å². The number of nitrogens with one attached hydrogen (secondary N) is 1. The normalized spacial score (nSPS) is 30.4. The molecular weight excluding hydrogens is 274 g/mol. The highest BCUT2D eigenvalue weighted by Gasteiger charge is 2.52. The van der Waals surface area contributed by atoms with Gasteiger partial charge in [-0.3, -0.25) is 4.79 Å². The number of piperidine rings is 1. The number of hydrogen-bond acceptors (Lipinski definition) is 3. The number of benzene rings is 2. The Hall–Kier alpha value is -1.87. The van der Waals surface area contributed by atoms with Crippen LogP contribution in [-0.4, -0.2) is 19.1 Å². The van der Waals surface area contributed by atoms with Crippen LogP contribution in [0.3, 0.4) is 0 Å². The molecule has 0 spiro atoms. The summed E-state index contributed by atoms with van der Waals surface area (Å²) >= 11 is 0. The summed E-state index contributed by atoms with van der Waals surface area (Å²) in [5.74, 6) is -0.168. The number of fused-ring (bicyclic) bond motifs is 3. The van der Waals surface area contributed by atoms with Crippen LogP contribution in [0.2, 0.25) is 0 Å². The van der Waals surface area contributed by atoms with Gasteiger partial charge in [-0.1, -0.05) is 36.4 Å². The second-order valence-corrected chi connectivity index (χ2v) is 6.57. The van der Waals surface area contributed by atoms with Crippen molar-refractivity contribution < 1.29 is 9.53 Å². The van der Waals surface area contributed by atoms with Gasteiger partial charge in [-0.25, -0.2) is 0 Å². The average molecular weight is 295 g/mol. The molecule has 2 aromatic carbocycles. The predicted octanol–water partition coefficient (Wildman–Crippen LogP) is 3.37. The standard InChI is InChI=1S/C19H21NO2/c1-22-18(21)17-9-8-16-10-11-19(17,20-16)15-7-6-13-4-2-3-5-14(13)12-15/h2-7,12,16-17,20H,8-11H2,1H3/t16?,17-,19+/m1/s1. The molecule has 3 nitrogen and oxygen atoms in total. The topological polar surface area (TPSA) is 38.3 Å². The Kier molecular flexibility index (Phi) is 3.19. The van der Waals surface area contributed by atoms with Gasteiger partial charge < -0.3 is 10.1 Å². The van der Waals surface area contributed by atoms with Crippen LogP contribution < -0.4 is 5.32 Å². The van der Waals surface area contributed by atoms with E-state index in [1.54, 1.807) is 0 Å². The largest absolute Gasteiger partial charge is 0.469 e. The summed E-state index contributed by atoms with van der Waals surface area (Å²) in [5.41, 5.74) is 0.976. The van der Waals surface area contributed by atoms with E-state index in [1.807, 2.05) is 0 Å². The van der Waals surface area contributed by atoms with Gasteiger partial charge >= 0.3 is 5.97 Å². The second kappa shape index (κ2) is 5.10. The van der Waals surface area contributed by atoms with Gasteiger partial charge in [0.15, 0.2) is 0 Å². The summed E-state index contributed by atoms with van der Waals surface area (Å²) < 4.78 is 5.10. The molecular formula is C19H21NO2. The minimum atomic E-state index is -0.250. The Morgan fingerprint density at radius 1 is 1.14 bits per heavy atom. The highest BCUT2D eigenvalue weighted by molar-refractivity contribution is 5.84. The van der Waals surface area contributed by atoms with Gasteiger partial charge in [-0.15, -0.1) is 0 Å². The number of hydrogen-bond donors (Lipinski definition) is 1. The highest BCUT2D eigenvalue weighted by atomic mass is 16.5. The fraction of sp³-hybridized carbons (Fsp3) is 0.421. The molecule has 3 atom stereocenters. The van der Waals surface area contributed by atoms with E-state index in [9.17, 15) is 4.79 Å². The summed E-state index contributed by atoms with van der Waals surface area (Å²) in [6.07, 6.45) is 4.13. The first-order chi connectivity index (χ1) is 10.7. The van der Waals surface area contributed by atoms with Crippen LogP contribution in [-0.2, 0) is 15.1 Å². The van der Waals surface area contributed by atoms with E-state index in [0.29, 0.717) is 6.04 Å². The maximum absolute atomic E-state index is 12.3. The van der Waals surface area contributed by atoms with Gasteiger partial charge in [0.05, 0.1) is 18.6 Å². The monoisotopic (exact) mass is 295 g/mol. The van der Waals surface area contributed by atoms with Crippen LogP contribution in [0.5, 0.6) is 0 Å². The molecule has 0 radical (unpaired) electrons. The molecule has 114 valence electrons. The molecule has 2 saturated heterocycles. The van der Waals surface area contributed by atoms with E-state index in [4.69, 9.17) is 4.74 Å². The summed E-state index contributed by atoms with van der Waals surface area (Å²) in [6, 6.07) is 15.5. The molecule has 0 aliphatic carbocycles. The van der Waals surface area contributed by atoms with Gasteiger partial charge in [0, 0.05) is 6.04 Å². The van der Waals surface area contributed by atoms with Crippen LogP contribution in [0, 0.1) is 5.92 Å². The molecule has 22 heavy (non-hydrogen) atoms. The predicted molar refractivity (Wildman–Crippen MR) is 86.5 cm³/mol. The van der Waals surface area contributed by atoms with Crippen molar-refractivity contribution in [3.63, 3.8) is 0 Å². The maximum Gasteiger partial charge on any atom is 0.310 e. The summed E-state index contributed by atoms with van der Waals surface area (Å²) in [5, 5.41) is 6.22. The maximum atomic E-state index is 12.3. The number of methoxy groups -OCH3 is 1.